The van der Waals surface area contributed by atoms with Crippen molar-refractivity contribution in [3.63, 3.8) is 0 Å². The fourth-order valence-corrected chi connectivity index (χ4v) is 1.62. The second-order valence-corrected chi connectivity index (χ2v) is 3.96. The van der Waals surface area contributed by atoms with Crippen LogP contribution in [0.4, 0.5) is 5.69 Å². The van der Waals surface area contributed by atoms with E-state index in [0.29, 0.717) is 18.0 Å². The van der Waals surface area contributed by atoms with Gasteiger partial charge < -0.3 is 20.5 Å². The first kappa shape index (κ1) is 14.5. The fourth-order valence-electron chi connectivity index (χ4n) is 1.62. The Balaban J connectivity index is 2.90. The quantitative estimate of drug-likeness (QED) is 0.713. The molecule has 0 heterocycles. The van der Waals surface area contributed by atoms with Crippen molar-refractivity contribution >= 4 is 11.6 Å². The van der Waals surface area contributed by atoms with Crippen LogP contribution in [-0.4, -0.2) is 31.2 Å². The minimum atomic E-state index is -0.608. The molecular weight excluding hydrogens is 232 g/mol. The summed E-state index contributed by atoms with van der Waals surface area (Å²) in [5, 5.41) is 15.7. The minimum Gasteiger partial charge on any atom is -0.495 e. The summed E-state index contributed by atoms with van der Waals surface area (Å²) in [6, 6.07) is 5.24. The average molecular weight is 252 g/mol. The van der Waals surface area contributed by atoms with Crippen molar-refractivity contribution in [1.29, 1.82) is 0 Å². The molecule has 1 aromatic carbocycles. The summed E-state index contributed by atoms with van der Waals surface area (Å²) in [6.45, 7) is 4.68. The summed E-state index contributed by atoms with van der Waals surface area (Å²) in [7, 11) is 1.54. The lowest BCUT2D eigenvalue weighted by molar-refractivity contribution is -0.114. The van der Waals surface area contributed by atoms with Gasteiger partial charge in [0.1, 0.15) is 5.75 Å². The number of methoxy groups -OCH3 is 1. The van der Waals surface area contributed by atoms with Gasteiger partial charge in [-0.15, -0.1) is 0 Å². The lowest BCUT2D eigenvalue weighted by Crippen LogP contribution is -2.21. The summed E-state index contributed by atoms with van der Waals surface area (Å²) in [5.74, 6) is 0.399. The summed E-state index contributed by atoms with van der Waals surface area (Å²) < 4.78 is 5.15. The molecule has 0 aliphatic carbocycles. The molecule has 0 saturated heterocycles. The van der Waals surface area contributed by atoms with Crippen molar-refractivity contribution < 1.29 is 14.6 Å². The number of anilines is 1. The van der Waals surface area contributed by atoms with Crippen molar-refractivity contribution in [2.45, 2.75) is 20.0 Å². The van der Waals surface area contributed by atoms with Gasteiger partial charge >= 0.3 is 0 Å². The number of carbonyl (C=O) groups excluding carboxylic acids is 1. The molecular formula is C13H20N2O3. The number of benzene rings is 1. The molecule has 0 radical (unpaired) electrons. The van der Waals surface area contributed by atoms with Gasteiger partial charge in [0.15, 0.2) is 0 Å². The lowest BCUT2D eigenvalue weighted by Gasteiger charge is -2.15. The SMILES string of the molecule is CCNCC(O)c1ccc(OC)c(NC(C)=O)c1. The molecule has 5 heteroatoms. The number of hydrogen-bond acceptors (Lipinski definition) is 4. The van der Waals surface area contributed by atoms with Gasteiger partial charge in [0, 0.05) is 13.5 Å². The Bertz CT molecular complexity index is 407. The zero-order chi connectivity index (χ0) is 13.5. The molecule has 1 rings (SSSR count). The molecule has 0 bridgehead atoms. The van der Waals surface area contributed by atoms with Gasteiger partial charge in [-0.1, -0.05) is 13.0 Å². The number of aliphatic hydroxyl groups excluding tert-OH is 1. The summed E-state index contributed by atoms with van der Waals surface area (Å²) in [6.07, 6.45) is -0.608. The molecule has 18 heavy (non-hydrogen) atoms. The van der Waals surface area contributed by atoms with Crippen LogP contribution in [0, 0.1) is 0 Å². The second-order valence-electron chi connectivity index (χ2n) is 3.96. The first-order valence-electron chi connectivity index (χ1n) is 5.92. The summed E-state index contributed by atoms with van der Waals surface area (Å²) in [5.41, 5.74) is 1.30. The Labute approximate surface area is 107 Å². The van der Waals surface area contributed by atoms with Gasteiger partial charge in [-0.05, 0) is 24.2 Å². The lowest BCUT2D eigenvalue weighted by atomic mass is 10.1. The van der Waals surface area contributed by atoms with E-state index in [1.54, 1.807) is 18.2 Å². The van der Waals surface area contributed by atoms with Gasteiger partial charge in [0.2, 0.25) is 5.91 Å². The molecule has 0 spiro atoms. The van der Waals surface area contributed by atoms with E-state index in [1.807, 2.05) is 6.92 Å². The van der Waals surface area contributed by atoms with Crippen LogP contribution in [-0.2, 0) is 4.79 Å². The van der Waals surface area contributed by atoms with Crippen molar-refractivity contribution in [2.24, 2.45) is 0 Å². The molecule has 1 amide bonds. The van der Waals surface area contributed by atoms with E-state index < -0.39 is 6.10 Å². The highest BCUT2D eigenvalue weighted by molar-refractivity contribution is 5.90. The monoisotopic (exact) mass is 252 g/mol. The molecule has 0 aliphatic rings. The maximum atomic E-state index is 11.1. The average Bonchev–Trinajstić information content (AvgIpc) is 2.35. The van der Waals surface area contributed by atoms with Crippen molar-refractivity contribution in [1.82, 2.24) is 5.32 Å². The van der Waals surface area contributed by atoms with Crippen LogP contribution in [0.1, 0.15) is 25.5 Å². The standard InChI is InChI=1S/C13H20N2O3/c1-4-14-8-12(17)10-5-6-13(18-3)11(7-10)15-9(2)16/h5-7,12,14,17H,4,8H2,1-3H3,(H,15,16). The molecule has 0 aliphatic heterocycles. The van der Waals surface area contributed by atoms with E-state index in [0.717, 1.165) is 12.1 Å². The van der Waals surface area contributed by atoms with E-state index in [9.17, 15) is 9.90 Å². The van der Waals surface area contributed by atoms with E-state index >= 15 is 0 Å². The number of aliphatic hydroxyl groups is 1. The third-order valence-electron chi connectivity index (χ3n) is 2.51. The maximum Gasteiger partial charge on any atom is 0.221 e. The largest absolute Gasteiger partial charge is 0.495 e. The predicted octanol–water partition coefficient (Wildman–Crippen LogP) is 1.30. The number of nitrogens with one attached hydrogen (secondary N) is 2. The van der Waals surface area contributed by atoms with Gasteiger partial charge in [-0.3, -0.25) is 4.79 Å². The predicted molar refractivity (Wildman–Crippen MR) is 70.8 cm³/mol. The van der Waals surface area contributed by atoms with Crippen LogP contribution in [0.25, 0.3) is 0 Å². The fraction of sp³-hybridized carbons (Fsp3) is 0.462. The Kier molecular flexibility index (Phi) is 5.61. The van der Waals surface area contributed by atoms with Crippen LogP contribution >= 0.6 is 0 Å². The molecule has 0 fully saturated rings. The zero-order valence-corrected chi connectivity index (χ0v) is 11.0. The van der Waals surface area contributed by atoms with E-state index in [2.05, 4.69) is 10.6 Å². The molecule has 1 atom stereocenters. The molecule has 0 aromatic heterocycles. The summed E-state index contributed by atoms with van der Waals surface area (Å²) >= 11 is 0. The Morgan fingerprint density at radius 2 is 2.22 bits per heavy atom. The highest BCUT2D eigenvalue weighted by Crippen LogP contribution is 2.27. The van der Waals surface area contributed by atoms with Crippen molar-refractivity contribution in [3.05, 3.63) is 23.8 Å². The third kappa shape index (κ3) is 4.01. The maximum absolute atomic E-state index is 11.1. The van der Waals surface area contributed by atoms with E-state index in [4.69, 9.17) is 4.74 Å². The number of rotatable bonds is 6. The van der Waals surface area contributed by atoms with Crippen LogP contribution < -0.4 is 15.4 Å². The van der Waals surface area contributed by atoms with Crippen LogP contribution in [0.2, 0.25) is 0 Å². The number of hydrogen-bond donors (Lipinski definition) is 3. The van der Waals surface area contributed by atoms with Crippen LogP contribution in [0.3, 0.4) is 0 Å². The smallest absolute Gasteiger partial charge is 0.221 e. The van der Waals surface area contributed by atoms with E-state index in [1.165, 1.54) is 14.0 Å². The number of likely N-dealkylation sites (N-methyl/N-ethyl adjacent to an activating group) is 1. The highest BCUT2D eigenvalue weighted by atomic mass is 16.5. The number of ether oxygens (including phenoxy) is 1. The highest BCUT2D eigenvalue weighted by Gasteiger charge is 2.11. The normalized spacial score (nSPS) is 12.0. The van der Waals surface area contributed by atoms with Gasteiger partial charge in [0.05, 0.1) is 18.9 Å². The zero-order valence-electron chi connectivity index (χ0n) is 11.0. The Morgan fingerprint density at radius 1 is 1.50 bits per heavy atom. The molecule has 1 unspecified atom stereocenters. The van der Waals surface area contributed by atoms with Crippen molar-refractivity contribution in [3.8, 4) is 5.75 Å². The number of carbonyl (C=O) groups is 1. The molecule has 3 N–H and O–H groups in total. The topological polar surface area (TPSA) is 70.6 Å². The first-order chi connectivity index (χ1) is 8.58. The molecule has 100 valence electrons. The van der Waals surface area contributed by atoms with Crippen molar-refractivity contribution in [2.75, 3.05) is 25.5 Å². The Hall–Kier alpha value is -1.59. The van der Waals surface area contributed by atoms with Gasteiger partial charge in [-0.2, -0.15) is 0 Å². The Morgan fingerprint density at radius 3 is 2.78 bits per heavy atom. The van der Waals surface area contributed by atoms with Gasteiger partial charge in [0.25, 0.3) is 0 Å². The third-order valence-corrected chi connectivity index (χ3v) is 2.51. The molecule has 5 nitrogen and oxygen atoms in total. The van der Waals surface area contributed by atoms with Crippen LogP contribution in [0.15, 0.2) is 18.2 Å². The molecule has 0 saturated carbocycles. The second kappa shape index (κ2) is 6.98. The summed E-state index contributed by atoms with van der Waals surface area (Å²) in [4.78, 5) is 11.1. The minimum absolute atomic E-state index is 0.174. The molecule has 1 aromatic rings. The number of amides is 1. The van der Waals surface area contributed by atoms with Gasteiger partial charge in [-0.25, -0.2) is 0 Å². The van der Waals surface area contributed by atoms with E-state index in [-0.39, 0.29) is 5.91 Å². The first-order valence-corrected chi connectivity index (χ1v) is 5.92. The van der Waals surface area contributed by atoms with Crippen LogP contribution in [0.5, 0.6) is 5.75 Å².